The Morgan fingerprint density at radius 2 is 1.82 bits per heavy atom. The number of methoxy groups -OCH3 is 1. The van der Waals surface area contributed by atoms with Crippen molar-refractivity contribution >= 4 is 34.2 Å². The molecule has 0 unspecified atom stereocenters. The van der Waals surface area contributed by atoms with Crippen molar-refractivity contribution in [2.75, 3.05) is 7.11 Å². The van der Waals surface area contributed by atoms with Crippen LogP contribution >= 0.6 is 11.6 Å². The van der Waals surface area contributed by atoms with E-state index >= 15 is 0 Å². The van der Waals surface area contributed by atoms with Crippen LogP contribution in [0.15, 0.2) is 77.6 Å². The lowest BCUT2D eigenvalue weighted by Crippen LogP contribution is -2.23. The van der Waals surface area contributed by atoms with Crippen molar-refractivity contribution in [2.24, 2.45) is 0 Å². The smallest absolute Gasteiger partial charge is 0.337 e. The van der Waals surface area contributed by atoms with Crippen molar-refractivity contribution in [3.63, 3.8) is 0 Å². The fraction of sp³-hybridized carbons (Fsp3) is 0.214. The van der Waals surface area contributed by atoms with Crippen LogP contribution in [0.4, 0.5) is 0 Å². The van der Waals surface area contributed by atoms with E-state index in [9.17, 15) is 9.59 Å². The normalized spacial score (nSPS) is 13.6. The number of carbonyl (C=O) groups is 1. The molecule has 34 heavy (non-hydrogen) atoms. The van der Waals surface area contributed by atoms with Crippen molar-refractivity contribution in [3.8, 4) is 5.69 Å². The molecular formula is C28H25ClN2O3. The minimum Gasteiger partial charge on any atom is -0.465 e. The average molecular weight is 473 g/mol. The third kappa shape index (κ3) is 4.19. The quantitative estimate of drug-likeness (QED) is 0.323. The molecule has 3 aromatic carbocycles. The van der Waals surface area contributed by atoms with Crippen molar-refractivity contribution < 1.29 is 9.53 Å². The van der Waals surface area contributed by atoms with Gasteiger partial charge < -0.3 is 4.74 Å². The van der Waals surface area contributed by atoms with Crippen LogP contribution in [0, 0.1) is 0 Å². The number of fused-ring (bicyclic) bond motifs is 1. The van der Waals surface area contributed by atoms with Crippen LogP contribution in [0.3, 0.4) is 0 Å². The molecule has 0 N–H and O–H groups in total. The Kier molecular flexibility index (Phi) is 6.12. The van der Waals surface area contributed by atoms with E-state index < -0.39 is 5.97 Å². The van der Waals surface area contributed by atoms with Crippen molar-refractivity contribution in [2.45, 2.75) is 32.2 Å². The summed E-state index contributed by atoms with van der Waals surface area (Å²) in [5, 5.41) is 0.565. The van der Waals surface area contributed by atoms with E-state index in [0.29, 0.717) is 17.1 Å². The summed E-state index contributed by atoms with van der Waals surface area (Å²) in [5.74, 6) is -0.406. The lowest BCUT2D eigenvalue weighted by atomic mass is 9.94. The van der Waals surface area contributed by atoms with Crippen LogP contribution in [0.1, 0.15) is 47.2 Å². The van der Waals surface area contributed by atoms with E-state index in [1.165, 1.54) is 31.1 Å². The molecule has 1 aliphatic rings. The highest BCUT2D eigenvalue weighted by Gasteiger charge is 2.17. The number of ether oxygens (including phenoxy) is 1. The first kappa shape index (κ1) is 22.2. The zero-order valence-corrected chi connectivity index (χ0v) is 19.7. The Morgan fingerprint density at radius 3 is 2.56 bits per heavy atom. The number of rotatable bonds is 5. The van der Waals surface area contributed by atoms with Crippen LogP contribution in [-0.4, -0.2) is 22.2 Å². The van der Waals surface area contributed by atoms with Crippen molar-refractivity contribution in [1.82, 2.24) is 9.13 Å². The molecule has 5 nitrogen and oxygen atoms in total. The fourth-order valence-electron chi connectivity index (χ4n) is 4.66. The number of esters is 1. The first-order chi connectivity index (χ1) is 16.5. The van der Waals surface area contributed by atoms with Crippen LogP contribution in [0.2, 0.25) is 5.02 Å². The number of aromatic nitrogens is 2. The first-order valence-electron chi connectivity index (χ1n) is 11.4. The largest absolute Gasteiger partial charge is 0.465 e. The van der Waals surface area contributed by atoms with Gasteiger partial charge in [0.2, 0.25) is 0 Å². The van der Waals surface area contributed by atoms with Gasteiger partial charge in [0.1, 0.15) is 0 Å². The molecule has 0 atom stereocenters. The summed E-state index contributed by atoms with van der Waals surface area (Å²) in [6, 6.07) is 20.8. The van der Waals surface area contributed by atoms with Crippen LogP contribution in [-0.2, 0) is 11.3 Å². The maximum Gasteiger partial charge on any atom is 0.337 e. The third-order valence-corrected chi connectivity index (χ3v) is 6.60. The Hall–Kier alpha value is -3.57. The molecule has 0 radical (unpaired) electrons. The second-order valence-corrected chi connectivity index (χ2v) is 8.99. The molecule has 1 aliphatic carbocycles. The molecule has 0 aliphatic heterocycles. The van der Waals surface area contributed by atoms with Gasteiger partial charge in [0.05, 0.1) is 35.9 Å². The molecule has 0 fully saturated rings. The zero-order valence-electron chi connectivity index (χ0n) is 19.0. The van der Waals surface area contributed by atoms with Crippen LogP contribution in [0.25, 0.3) is 22.3 Å². The monoisotopic (exact) mass is 472 g/mol. The summed E-state index contributed by atoms with van der Waals surface area (Å²) in [5.41, 5.74) is 6.01. The van der Waals surface area contributed by atoms with E-state index in [1.807, 2.05) is 30.3 Å². The molecule has 5 rings (SSSR count). The molecule has 6 heteroatoms. The minimum absolute atomic E-state index is 0.162. The highest BCUT2D eigenvalue weighted by atomic mass is 35.5. The van der Waals surface area contributed by atoms with Gasteiger partial charge in [-0.1, -0.05) is 41.9 Å². The maximum absolute atomic E-state index is 13.6. The van der Waals surface area contributed by atoms with Gasteiger partial charge >= 0.3 is 11.7 Å². The van der Waals surface area contributed by atoms with Crippen LogP contribution < -0.4 is 5.69 Å². The first-order valence-corrected chi connectivity index (χ1v) is 11.8. The fourth-order valence-corrected chi connectivity index (χ4v) is 4.82. The van der Waals surface area contributed by atoms with Gasteiger partial charge in [-0.2, -0.15) is 0 Å². The molecule has 0 saturated heterocycles. The Labute approximate surface area is 202 Å². The molecule has 1 aromatic heterocycles. The summed E-state index contributed by atoms with van der Waals surface area (Å²) in [6.45, 7) is 0.319. The van der Waals surface area contributed by atoms with Gasteiger partial charge in [-0.05, 0) is 84.8 Å². The number of imidazole rings is 1. The summed E-state index contributed by atoms with van der Waals surface area (Å²) in [6.07, 6.45) is 7.01. The minimum atomic E-state index is -0.406. The Bertz CT molecular complexity index is 1460. The topological polar surface area (TPSA) is 53.2 Å². The van der Waals surface area contributed by atoms with Crippen molar-refractivity contribution in [3.05, 3.63) is 105 Å². The second-order valence-electron chi connectivity index (χ2n) is 8.55. The summed E-state index contributed by atoms with van der Waals surface area (Å²) in [4.78, 5) is 25.6. The average Bonchev–Trinajstić information content (AvgIpc) is 3.14. The standard InChI is InChI=1S/C28H25ClN2O3/c1-34-27(32)22-9-5-6-19(16-22)18-30-25-15-12-23(29)17-26(25)31(28(30)33)24-13-10-21(11-14-24)20-7-3-2-4-8-20/h5-7,9-17H,2-4,8,18H2,1H3. The number of hydrogen-bond acceptors (Lipinski definition) is 3. The van der Waals surface area contributed by atoms with E-state index in [4.69, 9.17) is 16.3 Å². The van der Waals surface area contributed by atoms with Gasteiger partial charge in [0, 0.05) is 5.02 Å². The Morgan fingerprint density at radius 1 is 1.00 bits per heavy atom. The third-order valence-electron chi connectivity index (χ3n) is 6.37. The number of hydrogen-bond donors (Lipinski definition) is 0. The van der Waals surface area contributed by atoms with E-state index in [1.54, 1.807) is 33.4 Å². The van der Waals surface area contributed by atoms with Crippen LogP contribution in [0.5, 0.6) is 0 Å². The van der Waals surface area contributed by atoms with E-state index in [-0.39, 0.29) is 5.69 Å². The van der Waals surface area contributed by atoms with Gasteiger partial charge in [-0.15, -0.1) is 0 Å². The lowest BCUT2D eigenvalue weighted by Gasteiger charge is -2.13. The highest BCUT2D eigenvalue weighted by molar-refractivity contribution is 6.31. The number of benzene rings is 3. The summed E-state index contributed by atoms with van der Waals surface area (Å²) < 4.78 is 8.24. The number of allylic oxidation sites excluding steroid dienone is 2. The van der Waals surface area contributed by atoms with Gasteiger partial charge in [0.15, 0.2) is 0 Å². The molecular weight excluding hydrogens is 448 g/mol. The van der Waals surface area contributed by atoms with Gasteiger partial charge in [0.25, 0.3) is 0 Å². The van der Waals surface area contributed by atoms with Gasteiger partial charge in [-0.25, -0.2) is 9.59 Å². The molecule has 0 bridgehead atoms. The molecule has 172 valence electrons. The maximum atomic E-state index is 13.6. The number of carbonyl (C=O) groups excluding carboxylic acids is 1. The lowest BCUT2D eigenvalue weighted by molar-refractivity contribution is 0.0600. The SMILES string of the molecule is COC(=O)c1cccc(Cn2c(=O)n(-c3ccc(C4=CCCCC4)cc3)c3cc(Cl)ccc32)c1. The van der Waals surface area contributed by atoms with E-state index in [2.05, 4.69) is 18.2 Å². The summed E-state index contributed by atoms with van der Waals surface area (Å²) in [7, 11) is 1.35. The van der Waals surface area contributed by atoms with E-state index in [0.717, 1.165) is 35.1 Å². The van der Waals surface area contributed by atoms with Crippen molar-refractivity contribution in [1.29, 1.82) is 0 Å². The molecule has 1 heterocycles. The van der Waals surface area contributed by atoms with Gasteiger partial charge in [-0.3, -0.25) is 9.13 Å². The molecule has 4 aromatic rings. The number of nitrogens with zero attached hydrogens (tertiary/aromatic N) is 2. The zero-order chi connectivity index (χ0) is 23.7. The molecule has 0 spiro atoms. The Balaban J connectivity index is 1.58. The second kappa shape index (κ2) is 9.35. The predicted molar refractivity (Wildman–Crippen MR) is 136 cm³/mol. The highest BCUT2D eigenvalue weighted by Crippen LogP contribution is 2.28. The molecule has 0 saturated carbocycles. The summed E-state index contributed by atoms with van der Waals surface area (Å²) >= 11 is 6.31. The number of halogens is 1. The molecule has 0 amide bonds. The predicted octanol–water partition coefficient (Wildman–Crippen LogP) is 6.24.